The van der Waals surface area contributed by atoms with E-state index in [0.717, 1.165) is 12.8 Å². The van der Waals surface area contributed by atoms with Gasteiger partial charge in [0.2, 0.25) is 5.91 Å². The monoisotopic (exact) mass is 287 g/mol. The van der Waals surface area contributed by atoms with Crippen molar-refractivity contribution in [2.24, 2.45) is 5.92 Å². The number of hydrogen-bond donors (Lipinski definition) is 0. The Morgan fingerprint density at radius 1 is 1.14 bits per heavy atom. The van der Waals surface area contributed by atoms with E-state index in [1.54, 1.807) is 0 Å². The predicted molar refractivity (Wildman–Crippen MR) is 88.3 cm³/mol. The first-order chi connectivity index (χ1) is 10.1. The average Bonchev–Trinajstić information content (AvgIpc) is 2.53. The standard InChI is InChI=1S/C19H29NO/c1-4-16-9-11-17(12-10-16)13-14-19(21)20(3)18-8-6-5-7-15(18)2/h9-12,15,18H,4-8,13-14H2,1-3H3. The molecule has 1 aromatic rings. The summed E-state index contributed by atoms with van der Waals surface area (Å²) < 4.78 is 0. The van der Waals surface area contributed by atoms with Crippen molar-refractivity contribution in [1.29, 1.82) is 0 Å². The highest BCUT2D eigenvalue weighted by atomic mass is 16.2. The van der Waals surface area contributed by atoms with Gasteiger partial charge in [0.15, 0.2) is 0 Å². The van der Waals surface area contributed by atoms with Gasteiger partial charge in [0.05, 0.1) is 0 Å². The van der Waals surface area contributed by atoms with E-state index in [4.69, 9.17) is 0 Å². The van der Waals surface area contributed by atoms with E-state index in [2.05, 4.69) is 38.1 Å². The van der Waals surface area contributed by atoms with Crippen molar-refractivity contribution in [2.75, 3.05) is 7.05 Å². The Kier molecular flexibility index (Phi) is 5.84. The minimum absolute atomic E-state index is 0.299. The summed E-state index contributed by atoms with van der Waals surface area (Å²) in [6, 6.07) is 9.12. The quantitative estimate of drug-likeness (QED) is 0.794. The van der Waals surface area contributed by atoms with Gasteiger partial charge in [0, 0.05) is 19.5 Å². The smallest absolute Gasteiger partial charge is 0.222 e. The first-order valence-electron chi connectivity index (χ1n) is 8.45. The predicted octanol–water partition coefficient (Wildman–Crippen LogP) is 4.22. The topological polar surface area (TPSA) is 20.3 Å². The summed E-state index contributed by atoms with van der Waals surface area (Å²) in [5.41, 5.74) is 2.63. The molecule has 21 heavy (non-hydrogen) atoms. The molecule has 1 aromatic carbocycles. The molecule has 2 unspecified atom stereocenters. The van der Waals surface area contributed by atoms with Crippen LogP contribution in [0.25, 0.3) is 0 Å². The van der Waals surface area contributed by atoms with Gasteiger partial charge >= 0.3 is 0 Å². The Labute approximate surface area is 129 Å². The molecule has 2 heteroatoms. The maximum Gasteiger partial charge on any atom is 0.222 e. The minimum atomic E-state index is 0.299. The summed E-state index contributed by atoms with van der Waals surface area (Å²) in [7, 11) is 2.00. The molecule has 1 aliphatic rings. The molecule has 0 N–H and O–H groups in total. The number of nitrogens with zero attached hydrogens (tertiary/aromatic N) is 1. The highest BCUT2D eigenvalue weighted by Crippen LogP contribution is 2.27. The molecule has 2 atom stereocenters. The highest BCUT2D eigenvalue weighted by Gasteiger charge is 2.27. The largest absolute Gasteiger partial charge is 0.343 e. The zero-order valence-corrected chi connectivity index (χ0v) is 13.8. The number of carbonyl (C=O) groups excluding carboxylic acids is 1. The van der Waals surface area contributed by atoms with Crippen LogP contribution >= 0.6 is 0 Å². The molecule has 2 rings (SSSR count). The van der Waals surface area contributed by atoms with Gasteiger partial charge in [-0.25, -0.2) is 0 Å². The average molecular weight is 287 g/mol. The van der Waals surface area contributed by atoms with Crippen LogP contribution in [0.5, 0.6) is 0 Å². The van der Waals surface area contributed by atoms with E-state index < -0.39 is 0 Å². The molecule has 0 saturated heterocycles. The SMILES string of the molecule is CCc1ccc(CCC(=O)N(C)C2CCCCC2C)cc1. The Bertz CT molecular complexity index is 451. The molecule has 1 amide bonds. The van der Waals surface area contributed by atoms with Crippen molar-refractivity contribution >= 4 is 5.91 Å². The van der Waals surface area contributed by atoms with Crippen molar-refractivity contribution in [3.05, 3.63) is 35.4 Å². The van der Waals surface area contributed by atoms with Gasteiger partial charge in [-0.2, -0.15) is 0 Å². The lowest BCUT2D eigenvalue weighted by Gasteiger charge is -2.36. The second kappa shape index (κ2) is 7.63. The number of amides is 1. The first kappa shape index (κ1) is 16.1. The van der Waals surface area contributed by atoms with Gasteiger partial charge < -0.3 is 4.90 Å². The lowest BCUT2D eigenvalue weighted by atomic mass is 9.85. The molecule has 0 radical (unpaired) electrons. The van der Waals surface area contributed by atoms with Crippen LogP contribution in [0.15, 0.2) is 24.3 Å². The van der Waals surface area contributed by atoms with Gasteiger partial charge in [-0.15, -0.1) is 0 Å². The second-order valence-corrected chi connectivity index (χ2v) is 6.50. The molecular formula is C19H29NO. The van der Waals surface area contributed by atoms with Crippen LogP contribution in [-0.4, -0.2) is 23.9 Å². The second-order valence-electron chi connectivity index (χ2n) is 6.50. The van der Waals surface area contributed by atoms with E-state index in [-0.39, 0.29) is 0 Å². The van der Waals surface area contributed by atoms with Crippen molar-refractivity contribution < 1.29 is 4.79 Å². The fourth-order valence-electron chi connectivity index (χ4n) is 3.43. The third kappa shape index (κ3) is 4.33. The van der Waals surface area contributed by atoms with Crippen LogP contribution in [0, 0.1) is 5.92 Å². The maximum atomic E-state index is 12.4. The fourth-order valence-corrected chi connectivity index (χ4v) is 3.43. The van der Waals surface area contributed by atoms with E-state index in [0.29, 0.717) is 24.3 Å². The Balaban J connectivity index is 1.85. The molecule has 1 saturated carbocycles. The zero-order valence-electron chi connectivity index (χ0n) is 13.8. The lowest BCUT2D eigenvalue weighted by Crippen LogP contribution is -2.42. The van der Waals surface area contributed by atoms with Gasteiger partial charge in [0.1, 0.15) is 0 Å². The third-order valence-electron chi connectivity index (χ3n) is 5.02. The third-order valence-corrected chi connectivity index (χ3v) is 5.02. The number of carbonyl (C=O) groups is 1. The van der Waals surface area contributed by atoms with Crippen LogP contribution in [0.2, 0.25) is 0 Å². The summed E-state index contributed by atoms with van der Waals surface area (Å²) in [6.07, 6.45) is 7.59. The zero-order chi connectivity index (χ0) is 15.2. The molecular weight excluding hydrogens is 258 g/mol. The lowest BCUT2D eigenvalue weighted by molar-refractivity contribution is -0.133. The number of benzene rings is 1. The highest BCUT2D eigenvalue weighted by molar-refractivity contribution is 5.76. The van der Waals surface area contributed by atoms with Crippen molar-refractivity contribution in [1.82, 2.24) is 4.90 Å². The Hall–Kier alpha value is -1.31. The summed E-state index contributed by atoms with van der Waals surface area (Å²) >= 11 is 0. The summed E-state index contributed by atoms with van der Waals surface area (Å²) in [6.45, 7) is 4.45. The number of hydrogen-bond acceptors (Lipinski definition) is 1. The summed E-state index contributed by atoms with van der Waals surface area (Å²) in [5.74, 6) is 0.949. The van der Waals surface area contributed by atoms with Gasteiger partial charge in [-0.1, -0.05) is 51.0 Å². The molecule has 116 valence electrons. The van der Waals surface area contributed by atoms with E-state index in [1.165, 1.54) is 36.8 Å². The summed E-state index contributed by atoms with van der Waals surface area (Å²) in [4.78, 5) is 14.4. The summed E-state index contributed by atoms with van der Waals surface area (Å²) in [5, 5.41) is 0. The fraction of sp³-hybridized carbons (Fsp3) is 0.632. The van der Waals surface area contributed by atoms with Gasteiger partial charge in [-0.05, 0) is 42.7 Å². The van der Waals surface area contributed by atoms with Crippen LogP contribution in [-0.2, 0) is 17.6 Å². The molecule has 0 spiro atoms. The van der Waals surface area contributed by atoms with Crippen molar-refractivity contribution in [3.63, 3.8) is 0 Å². The van der Waals surface area contributed by atoms with E-state index in [1.807, 2.05) is 11.9 Å². The van der Waals surface area contributed by atoms with E-state index in [9.17, 15) is 4.79 Å². The number of aryl methyl sites for hydroxylation is 2. The molecule has 0 aliphatic heterocycles. The Morgan fingerprint density at radius 2 is 1.76 bits per heavy atom. The van der Waals surface area contributed by atoms with Crippen LogP contribution in [0.3, 0.4) is 0 Å². The molecule has 2 nitrogen and oxygen atoms in total. The van der Waals surface area contributed by atoms with Crippen LogP contribution in [0.4, 0.5) is 0 Å². The minimum Gasteiger partial charge on any atom is -0.343 e. The molecule has 0 bridgehead atoms. The maximum absolute atomic E-state index is 12.4. The molecule has 1 aliphatic carbocycles. The van der Waals surface area contributed by atoms with Crippen LogP contribution < -0.4 is 0 Å². The van der Waals surface area contributed by atoms with Crippen LogP contribution in [0.1, 0.15) is 57.1 Å². The molecule has 1 fully saturated rings. The number of rotatable bonds is 5. The molecule has 0 aromatic heterocycles. The van der Waals surface area contributed by atoms with Crippen molar-refractivity contribution in [2.45, 2.75) is 64.8 Å². The van der Waals surface area contributed by atoms with E-state index >= 15 is 0 Å². The first-order valence-corrected chi connectivity index (χ1v) is 8.45. The Morgan fingerprint density at radius 3 is 2.38 bits per heavy atom. The van der Waals surface area contributed by atoms with Gasteiger partial charge in [-0.3, -0.25) is 4.79 Å². The van der Waals surface area contributed by atoms with Gasteiger partial charge in [0.25, 0.3) is 0 Å². The molecule has 0 heterocycles. The normalized spacial score (nSPS) is 22.0. The van der Waals surface area contributed by atoms with Crippen molar-refractivity contribution in [3.8, 4) is 0 Å².